The maximum atomic E-state index is 9.47. The zero-order valence-electron chi connectivity index (χ0n) is 13.9. The summed E-state index contributed by atoms with van der Waals surface area (Å²) in [5.74, 6) is 0.886. The fourth-order valence-corrected chi connectivity index (χ4v) is 2.48. The van der Waals surface area contributed by atoms with E-state index >= 15 is 0 Å². The number of aliphatic hydroxyl groups is 1. The molecule has 0 aliphatic heterocycles. The summed E-state index contributed by atoms with van der Waals surface area (Å²) in [6.07, 6.45) is 3.21. The van der Waals surface area contributed by atoms with Gasteiger partial charge in [0.05, 0.1) is 13.7 Å². The van der Waals surface area contributed by atoms with Crippen LogP contribution in [0.5, 0.6) is 5.75 Å². The van der Waals surface area contributed by atoms with Gasteiger partial charge in [-0.05, 0) is 57.0 Å². The average Bonchev–Trinajstić information content (AvgIpc) is 2.51. The number of likely N-dealkylation sites (N-methyl/N-ethyl adjacent to an activating group) is 1. The molecule has 4 nitrogen and oxygen atoms in total. The third-order valence-corrected chi connectivity index (χ3v) is 3.94. The lowest BCUT2D eigenvalue weighted by Crippen LogP contribution is -2.45. The Labute approximate surface area is 129 Å². The summed E-state index contributed by atoms with van der Waals surface area (Å²) in [5, 5.41) is 12.8. The molecule has 0 aromatic heterocycles. The maximum absolute atomic E-state index is 9.47. The molecule has 2 N–H and O–H groups in total. The van der Waals surface area contributed by atoms with Gasteiger partial charge in [-0.2, -0.15) is 0 Å². The van der Waals surface area contributed by atoms with Gasteiger partial charge in [0.25, 0.3) is 0 Å². The van der Waals surface area contributed by atoms with Crippen molar-refractivity contribution in [1.29, 1.82) is 0 Å². The van der Waals surface area contributed by atoms with Crippen molar-refractivity contribution in [2.45, 2.75) is 38.6 Å². The molecule has 0 aliphatic rings. The second kappa shape index (κ2) is 8.90. The molecule has 0 spiro atoms. The molecule has 21 heavy (non-hydrogen) atoms. The third kappa shape index (κ3) is 5.94. The van der Waals surface area contributed by atoms with Gasteiger partial charge in [-0.1, -0.05) is 6.92 Å². The Kier molecular flexibility index (Phi) is 7.54. The number of benzene rings is 1. The van der Waals surface area contributed by atoms with Crippen LogP contribution in [0.2, 0.25) is 0 Å². The molecule has 0 saturated carbocycles. The molecule has 0 saturated heterocycles. The van der Waals surface area contributed by atoms with Crippen molar-refractivity contribution in [3.05, 3.63) is 24.3 Å². The highest BCUT2D eigenvalue weighted by atomic mass is 16.5. The maximum Gasteiger partial charge on any atom is 0.119 e. The van der Waals surface area contributed by atoms with Crippen molar-refractivity contribution in [3.63, 3.8) is 0 Å². The number of anilines is 1. The van der Waals surface area contributed by atoms with Crippen molar-refractivity contribution >= 4 is 5.69 Å². The predicted molar refractivity (Wildman–Crippen MR) is 89.3 cm³/mol. The fourth-order valence-electron chi connectivity index (χ4n) is 2.48. The van der Waals surface area contributed by atoms with Gasteiger partial charge in [0.2, 0.25) is 0 Å². The Balaban J connectivity index is 2.34. The standard InChI is InChI=1S/C17H30N2O2/c1-5-18-17(2,14-20)12-6-7-13-19(3)15-8-10-16(21-4)11-9-15/h8-11,18,20H,5-7,12-14H2,1-4H3. The second-order valence-electron chi connectivity index (χ2n) is 5.83. The normalized spacial score (nSPS) is 13.8. The Morgan fingerprint density at radius 2 is 1.90 bits per heavy atom. The number of aliphatic hydroxyl groups excluding tert-OH is 1. The number of ether oxygens (including phenoxy) is 1. The molecule has 4 heteroatoms. The quantitative estimate of drug-likeness (QED) is 0.651. The Morgan fingerprint density at radius 3 is 2.43 bits per heavy atom. The number of nitrogens with zero attached hydrogens (tertiary/aromatic N) is 1. The summed E-state index contributed by atoms with van der Waals surface area (Å²) in [6.45, 7) is 6.26. The van der Waals surface area contributed by atoms with Crippen LogP contribution < -0.4 is 15.0 Å². The highest BCUT2D eigenvalue weighted by Crippen LogP contribution is 2.19. The van der Waals surface area contributed by atoms with Gasteiger partial charge in [0.1, 0.15) is 5.75 Å². The van der Waals surface area contributed by atoms with Crippen LogP contribution in [0.1, 0.15) is 33.1 Å². The number of nitrogens with one attached hydrogen (secondary N) is 1. The van der Waals surface area contributed by atoms with Crippen LogP contribution in [0, 0.1) is 0 Å². The van der Waals surface area contributed by atoms with Crippen molar-refractivity contribution in [2.24, 2.45) is 0 Å². The van der Waals surface area contributed by atoms with Gasteiger partial charge < -0.3 is 20.1 Å². The van der Waals surface area contributed by atoms with E-state index in [9.17, 15) is 5.11 Å². The molecule has 1 rings (SSSR count). The Morgan fingerprint density at radius 1 is 1.24 bits per heavy atom. The molecule has 0 radical (unpaired) electrons. The lowest BCUT2D eigenvalue weighted by Gasteiger charge is -2.29. The minimum atomic E-state index is -0.145. The molecule has 1 aromatic rings. The highest BCUT2D eigenvalue weighted by molar-refractivity contribution is 5.48. The van der Waals surface area contributed by atoms with E-state index in [4.69, 9.17) is 4.74 Å². The van der Waals surface area contributed by atoms with E-state index in [1.54, 1.807) is 7.11 Å². The van der Waals surface area contributed by atoms with Crippen LogP contribution in [0.4, 0.5) is 5.69 Å². The van der Waals surface area contributed by atoms with Crippen molar-refractivity contribution < 1.29 is 9.84 Å². The first-order valence-corrected chi connectivity index (χ1v) is 7.75. The first-order chi connectivity index (χ1) is 10.0. The van der Waals surface area contributed by atoms with Gasteiger partial charge in [-0.3, -0.25) is 0 Å². The van der Waals surface area contributed by atoms with Gasteiger partial charge in [-0.15, -0.1) is 0 Å². The number of hydrogen-bond donors (Lipinski definition) is 2. The summed E-state index contributed by atoms with van der Waals surface area (Å²) in [7, 11) is 3.79. The van der Waals surface area contributed by atoms with E-state index < -0.39 is 0 Å². The molecule has 0 amide bonds. The van der Waals surface area contributed by atoms with Gasteiger partial charge in [0, 0.05) is 24.8 Å². The van der Waals surface area contributed by atoms with Gasteiger partial charge in [-0.25, -0.2) is 0 Å². The molecule has 1 unspecified atom stereocenters. The van der Waals surface area contributed by atoms with E-state index in [2.05, 4.69) is 43.2 Å². The Hall–Kier alpha value is -1.26. The number of rotatable bonds is 10. The molecule has 0 heterocycles. The summed E-state index contributed by atoms with van der Waals surface area (Å²) >= 11 is 0. The molecular formula is C17H30N2O2. The minimum absolute atomic E-state index is 0.145. The van der Waals surface area contributed by atoms with E-state index in [0.717, 1.165) is 38.1 Å². The first-order valence-electron chi connectivity index (χ1n) is 7.75. The second-order valence-corrected chi connectivity index (χ2v) is 5.83. The molecule has 0 fully saturated rings. The van der Waals surface area contributed by atoms with E-state index in [1.807, 2.05) is 12.1 Å². The largest absolute Gasteiger partial charge is 0.497 e. The zero-order chi connectivity index (χ0) is 15.7. The summed E-state index contributed by atoms with van der Waals surface area (Å²) in [4.78, 5) is 2.25. The molecular weight excluding hydrogens is 264 g/mol. The number of methoxy groups -OCH3 is 1. The zero-order valence-corrected chi connectivity index (χ0v) is 13.9. The van der Waals surface area contributed by atoms with Gasteiger partial charge >= 0.3 is 0 Å². The van der Waals surface area contributed by atoms with Crippen LogP contribution in [0.3, 0.4) is 0 Å². The SMILES string of the molecule is CCNC(C)(CO)CCCCN(C)c1ccc(OC)cc1. The molecule has 1 aromatic carbocycles. The summed E-state index contributed by atoms with van der Waals surface area (Å²) in [6, 6.07) is 8.13. The monoisotopic (exact) mass is 294 g/mol. The van der Waals surface area contributed by atoms with Crippen LogP contribution in [0.15, 0.2) is 24.3 Å². The number of hydrogen-bond acceptors (Lipinski definition) is 4. The summed E-state index contributed by atoms with van der Waals surface area (Å²) < 4.78 is 5.17. The molecule has 0 bridgehead atoms. The smallest absolute Gasteiger partial charge is 0.119 e. The molecule has 120 valence electrons. The van der Waals surface area contributed by atoms with Crippen molar-refractivity contribution in [1.82, 2.24) is 5.32 Å². The Bertz CT molecular complexity index is 394. The number of unbranched alkanes of at least 4 members (excludes halogenated alkanes) is 1. The highest BCUT2D eigenvalue weighted by Gasteiger charge is 2.20. The van der Waals surface area contributed by atoms with Gasteiger partial charge in [0.15, 0.2) is 0 Å². The molecule has 0 aliphatic carbocycles. The average molecular weight is 294 g/mol. The topological polar surface area (TPSA) is 44.7 Å². The van der Waals surface area contributed by atoms with E-state index in [1.165, 1.54) is 5.69 Å². The van der Waals surface area contributed by atoms with Crippen molar-refractivity contribution in [3.8, 4) is 5.75 Å². The van der Waals surface area contributed by atoms with E-state index in [-0.39, 0.29) is 12.1 Å². The fraction of sp³-hybridized carbons (Fsp3) is 0.647. The lowest BCUT2D eigenvalue weighted by atomic mass is 9.95. The van der Waals surface area contributed by atoms with Crippen LogP contribution >= 0.6 is 0 Å². The van der Waals surface area contributed by atoms with Crippen molar-refractivity contribution in [2.75, 3.05) is 38.8 Å². The predicted octanol–water partition coefficient (Wildman–Crippen LogP) is 2.66. The van der Waals surface area contributed by atoms with Crippen LogP contribution in [-0.2, 0) is 0 Å². The summed E-state index contributed by atoms with van der Waals surface area (Å²) in [5.41, 5.74) is 1.06. The van der Waals surface area contributed by atoms with Crippen LogP contribution in [-0.4, -0.2) is 44.5 Å². The van der Waals surface area contributed by atoms with Crippen LogP contribution in [0.25, 0.3) is 0 Å². The first kappa shape index (κ1) is 17.8. The van der Waals surface area contributed by atoms with E-state index in [0.29, 0.717) is 0 Å². The molecule has 1 atom stereocenters. The third-order valence-electron chi connectivity index (χ3n) is 3.94. The lowest BCUT2D eigenvalue weighted by molar-refractivity contribution is 0.165. The minimum Gasteiger partial charge on any atom is -0.497 e.